The highest BCUT2D eigenvalue weighted by Crippen LogP contribution is 2.26. The van der Waals surface area contributed by atoms with Crippen LogP contribution in [-0.4, -0.2) is 44.3 Å². The van der Waals surface area contributed by atoms with Gasteiger partial charge in [-0.1, -0.05) is 12.1 Å². The molecule has 132 valence electrons. The summed E-state index contributed by atoms with van der Waals surface area (Å²) >= 11 is 0. The number of nitrogens with one attached hydrogen (secondary N) is 1. The van der Waals surface area contributed by atoms with Gasteiger partial charge in [0.15, 0.2) is 0 Å². The number of carbonyl (C=O) groups is 2. The van der Waals surface area contributed by atoms with Crippen molar-refractivity contribution < 1.29 is 18.0 Å². The minimum atomic E-state index is -3.68. The number of hydrogen-bond donors (Lipinski definition) is 2. The first-order chi connectivity index (χ1) is 11.3. The summed E-state index contributed by atoms with van der Waals surface area (Å²) in [6.07, 6.45) is 2.93. The Morgan fingerprint density at radius 1 is 1.25 bits per heavy atom. The normalized spacial score (nSPS) is 14.2. The average Bonchev–Trinajstić information content (AvgIpc) is 3.31. The SMILES string of the molecule is CC(=O)N(CCC(=O)NCCc1ccc(S(N)(=O)=O)cc1)C1CC1. The maximum Gasteiger partial charge on any atom is 0.238 e. The molecule has 0 aliphatic heterocycles. The van der Waals surface area contributed by atoms with Gasteiger partial charge in [0.1, 0.15) is 0 Å². The van der Waals surface area contributed by atoms with Gasteiger partial charge in [-0.3, -0.25) is 9.59 Å². The molecule has 0 bridgehead atoms. The van der Waals surface area contributed by atoms with Crippen LogP contribution in [0.15, 0.2) is 29.2 Å². The number of primary sulfonamides is 1. The van der Waals surface area contributed by atoms with Gasteiger partial charge in [-0.2, -0.15) is 0 Å². The molecule has 3 N–H and O–H groups in total. The molecule has 8 heteroatoms. The third-order valence-electron chi connectivity index (χ3n) is 3.96. The molecule has 1 aliphatic rings. The van der Waals surface area contributed by atoms with E-state index in [1.807, 2.05) is 0 Å². The molecule has 2 rings (SSSR count). The second-order valence-electron chi connectivity index (χ2n) is 5.98. The monoisotopic (exact) mass is 353 g/mol. The quantitative estimate of drug-likeness (QED) is 0.704. The van der Waals surface area contributed by atoms with Gasteiger partial charge in [-0.25, -0.2) is 13.6 Å². The van der Waals surface area contributed by atoms with E-state index in [0.29, 0.717) is 32.0 Å². The Bertz CT molecular complexity index is 697. The van der Waals surface area contributed by atoms with Gasteiger partial charge in [0.05, 0.1) is 4.90 Å². The molecule has 1 fully saturated rings. The molecule has 1 aromatic rings. The molecule has 0 atom stereocenters. The third-order valence-corrected chi connectivity index (χ3v) is 4.89. The summed E-state index contributed by atoms with van der Waals surface area (Å²) in [6, 6.07) is 6.57. The van der Waals surface area contributed by atoms with Crippen molar-refractivity contribution in [2.24, 2.45) is 5.14 Å². The van der Waals surface area contributed by atoms with E-state index in [1.165, 1.54) is 19.1 Å². The summed E-state index contributed by atoms with van der Waals surface area (Å²) in [4.78, 5) is 25.1. The van der Waals surface area contributed by atoms with Crippen molar-refractivity contribution in [2.45, 2.75) is 43.5 Å². The van der Waals surface area contributed by atoms with Gasteiger partial charge < -0.3 is 10.2 Å². The Morgan fingerprint density at radius 3 is 2.38 bits per heavy atom. The summed E-state index contributed by atoms with van der Waals surface area (Å²) in [5, 5.41) is 7.85. The number of carbonyl (C=O) groups excluding carboxylic acids is 2. The first kappa shape index (κ1) is 18.4. The lowest BCUT2D eigenvalue weighted by molar-refractivity contribution is -0.130. The zero-order chi connectivity index (χ0) is 17.7. The average molecular weight is 353 g/mol. The zero-order valence-electron chi connectivity index (χ0n) is 13.7. The topological polar surface area (TPSA) is 110 Å². The molecule has 1 aromatic carbocycles. The highest BCUT2D eigenvalue weighted by Gasteiger charge is 2.30. The van der Waals surface area contributed by atoms with Crippen LogP contribution in [0.1, 0.15) is 31.7 Å². The lowest BCUT2D eigenvalue weighted by Gasteiger charge is -2.20. The van der Waals surface area contributed by atoms with E-state index >= 15 is 0 Å². The molecular weight excluding hydrogens is 330 g/mol. The minimum absolute atomic E-state index is 0.0141. The molecular formula is C16H23N3O4S. The summed E-state index contributed by atoms with van der Waals surface area (Å²) in [6.45, 7) is 2.44. The Hall–Kier alpha value is -1.93. The summed E-state index contributed by atoms with van der Waals surface area (Å²) < 4.78 is 22.3. The number of rotatable bonds is 8. The molecule has 0 aromatic heterocycles. The third kappa shape index (κ3) is 5.61. The number of benzene rings is 1. The van der Waals surface area contributed by atoms with Gasteiger partial charge in [0.2, 0.25) is 21.8 Å². The molecule has 0 radical (unpaired) electrons. The minimum Gasteiger partial charge on any atom is -0.356 e. The van der Waals surface area contributed by atoms with E-state index in [-0.39, 0.29) is 16.7 Å². The van der Waals surface area contributed by atoms with Crippen LogP contribution in [-0.2, 0) is 26.0 Å². The fourth-order valence-electron chi connectivity index (χ4n) is 2.49. The number of nitrogens with two attached hydrogens (primary N) is 1. The fraction of sp³-hybridized carbons (Fsp3) is 0.500. The van der Waals surface area contributed by atoms with Crippen LogP contribution < -0.4 is 10.5 Å². The van der Waals surface area contributed by atoms with E-state index in [4.69, 9.17) is 5.14 Å². The second-order valence-corrected chi connectivity index (χ2v) is 7.54. The zero-order valence-corrected chi connectivity index (χ0v) is 14.5. The lowest BCUT2D eigenvalue weighted by Crippen LogP contribution is -2.35. The molecule has 0 saturated heterocycles. The Morgan fingerprint density at radius 2 is 1.88 bits per heavy atom. The van der Waals surface area contributed by atoms with Crippen LogP contribution in [0, 0.1) is 0 Å². The van der Waals surface area contributed by atoms with E-state index in [1.54, 1.807) is 17.0 Å². The molecule has 0 heterocycles. The van der Waals surface area contributed by atoms with Crippen LogP contribution >= 0.6 is 0 Å². The predicted octanol–water partition coefficient (Wildman–Crippen LogP) is 0.394. The van der Waals surface area contributed by atoms with Gasteiger partial charge in [0, 0.05) is 32.5 Å². The number of sulfonamides is 1. The van der Waals surface area contributed by atoms with Crippen molar-refractivity contribution in [3.8, 4) is 0 Å². The maximum atomic E-state index is 11.8. The van der Waals surface area contributed by atoms with Crippen LogP contribution in [0.2, 0.25) is 0 Å². The van der Waals surface area contributed by atoms with Crippen molar-refractivity contribution in [3.63, 3.8) is 0 Å². The first-order valence-corrected chi connectivity index (χ1v) is 9.47. The van der Waals surface area contributed by atoms with Crippen LogP contribution in [0.25, 0.3) is 0 Å². The smallest absolute Gasteiger partial charge is 0.238 e. The van der Waals surface area contributed by atoms with Crippen LogP contribution in [0.3, 0.4) is 0 Å². The standard InChI is InChI=1S/C16H23N3O4S/c1-12(20)19(14-4-5-14)11-9-16(21)18-10-8-13-2-6-15(7-3-13)24(17,22)23/h2-3,6-7,14H,4-5,8-11H2,1H3,(H,18,21)(H2,17,22,23). The molecule has 2 amide bonds. The summed E-state index contributed by atoms with van der Waals surface area (Å²) in [7, 11) is -3.68. The number of amides is 2. The van der Waals surface area contributed by atoms with Crippen LogP contribution in [0.5, 0.6) is 0 Å². The van der Waals surface area contributed by atoms with Gasteiger partial charge in [-0.05, 0) is 37.0 Å². The highest BCUT2D eigenvalue weighted by atomic mass is 32.2. The Labute approximate surface area is 142 Å². The molecule has 24 heavy (non-hydrogen) atoms. The summed E-state index contributed by atoms with van der Waals surface area (Å²) in [5.41, 5.74) is 0.908. The van der Waals surface area contributed by atoms with Crippen molar-refractivity contribution in [1.82, 2.24) is 10.2 Å². The molecule has 0 unspecified atom stereocenters. The highest BCUT2D eigenvalue weighted by molar-refractivity contribution is 7.89. The molecule has 1 aliphatic carbocycles. The van der Waals surface area contributed by atoms with E-state index in [2.05, 4.69) is 5.32 Å². The van der Waals surface area contributed by atoms with Crippen molar-refractivity contribution in [1.29, 1.82) is 0 Å². The first-order valence-electron chi connectivity index (χ1n) is 7.93. The second kappa shape index (κ2) is 7.76. The molecule has 0 spiro atoms. The van der Waals surface area contributed by atoms with Gasteiger partial charge in [0.25, 0.3) is 0 Å². The number of nitrogens with zero attached hydrogens (tertiary/aromatic N) is 1. The van der Waals surface area contributed by atoms with Gasteiger partial charge in [-0.15, -0.1) is 0 Å². The lowest BCUT2D eigenvalue weighted by atomic mass is 10.1. The maximum absolute atomic E-state index is 11.8. The molecule has 7 nitrogen and oxygen atoms in total. The van der Waals surface area contributed by atoms with Crippen molar-refractivity contribution >= 4 is 21.8 Å². The van der Waals surface area contributed by atoms with Crippen molar-refractivity contribution in [2.75, 3.05) is 13.1 Å². The van der Waals surface area contributed by atoms with E-state index < -0.39 is 10.0 Å². The van der Waals surface area contributed by atoms with E-state index in [9.17, 15) is 18.0 Å². The summed E-state index contributed by atoms with van der Waals surface area (Å²) in [5.74, 6) is -0.0803. The van der Waals surface area contributed by atoms with E-state index in [0.717, 1.165) is 18.4 Å². The largest absolute Gasteiger partial charge is 0.356 e. The Balaban J connectivity index is 1.71. The predicted molar refractivity (Wildman–Crippen MR) is 89.6 cm³/mol. The van der Waals surface area contributed by atoms with Crippen LogP contribution in [0.4, 0.5) is 0 Å². The van der Waals surface area contributed by atoms with Gasteiger partial charge >= 0.3 is 0 Å². The Kier molecular flexibility index (Phi) is 5.95. The fourth-order valence-corrected chi connectivity index (χ4v) is 3.00. The number of hydrogen-bond acceptors (Lipinski definition) is 4. The molecule has 1 saturated carbocycles. The van der Waals surface area contributed by atoms with Crippen molar-refractivity contribution in [3.05, 3.63) is 29.8 Å².